The Bertz CT molecular complexity index is 958. The zero-order chi connectivity index (χ0) is 20.6. The third-order valence-electron chi connectivity index (χ3n) is 6.44. The van der Waals surface area contributed by atoms with E-state index < -0.39 is 25.8 Å². The fraction of sp³-hybridized carbons (Fsp3) is 0.650. The number of anilines is 1. The monoisotopic (exact) mass is 444 g/mol. The molecular weight excluding hydrogens is 419 g/mol. The first-order chi connectivity index (χ1) is 12.9. The number of nitrogens with zero attached hydrogens (tertiary/aromatic N) is 2. The summed E-state index contributed by atoms with van der Waals surface area (Å²) in [6.45, 7) is 8.49. The standard InChI is InChI=1S/C20H26Cl2N2O3S/c1-12-11-19(3,4)24-17-15(12)9-14(10-16(17)20(21,22)18(24)25)28(26,27)23-8-6-5-7-13(23)2/h9-10,12-13H,5-8,11H2,1-4H3. The van der Waals surface area contributed by atoms with E-state index in [1.54, 1.807) is 15.3 Å². The van der Waals surface area contributed by atoms with Crippen molar-refractivity contribution in [2.75, 3.05) is 11.4 Å². The molecule has 3 heterocycles. The number of hydrogen-bond acceptors (Lipinski definition) is 3. The van der Waals surface area contributed by atoms with E-state index in [-0.39, 0.29) is 16.9 Å². The van der Waals surface area contributed by atoms with Crippen LogP contribution in [0.15, 0.2) is 17.0 Å². The molecule has 2 atom stereocenters. The minimum absolute atomic E-state index is 0.0467. The SMILES string of the molecule is CC1CC(C)(C)N2C(=O)C(Cl)(Cl)c3cc(S(=O)(=O)N4CCCCC4C)cc1c32. The highest BCUT2D eigenvalue weighted by Gasteiger charge is 2.56. The van der Waals surface area contributed by atoms with Gasteiger partial charge in [-0.1, -0.05) is 36.5 Å². The van der Waals surface area contributed by atoms with Crippen LogP contribution in [0.4, 0.5) is 5.69 Å². The summed E-state index contributed by atoms with van der Waals surface area (Å²) < 4.78 is 26.7. The van der Waals surface area contributed by atoms with E-state index in [1.165, 1.54) is 6.07 Å². The highest BCUT2D eigenvalue weighted by molar-refractivity contribution is 7.89. The molecule has 5 nitrogen and oxygen atoms in total. The number of halogens is 2. The lowest BCUT2D eigenvalue weighted by atomic mass is 9.80. The van der Waals surface area contributed by atoms with E-state index in [0.29, 0.717) is 24.2 Å². The van der Waals surface area contributed by atoms with Crippen LogP contribution in [0.25, 0.3) is 0 Å². The van der Waals surface area contributed by atoms with Gasteiger partial charge in [0.1, 0.15) is 0 Å². The van der Waals surface area contributed by atoms with Gasteiger partial charge in [-0.2, -0.15) is 4.31 Å². The Morgan fingerprint density at radius 1 is 1.14 bits per heavy atom. The number of carbonyl (C=O) groups is 1. The molecule has 0 spiro atoms. The number of alkyl halides is 2. The highest BCUT2D eigenvalue weighted by atomic mass is 35.5. The normalized spacial score (nSPS) is 29.1. The maximum atomic E-state index is 13.4. The lowest BCUT2D eigenvalue weighted by molar-refractivity contribution is -0.119. The number of hydrogen-bond donors (Lipinski definition) is 0. The number of carbonyl (C=O) groups excluding carboxylic acids is 1. The second kappa shape index (κ2) is 6.34. The van der Waals surface area contributed by atoms with Crippen LogP contribution in [-0.4, -0.2) is 36.8 Å². The van der Waals surface area contributed by atoms with Crippen LogP contribution >= 0.6 is 23.2 Å². The molecule has 1 fully saturated rings. The first-order valence-electron chi connectivity index (χ1n) is 9.82. The predicted octanol–water partition coefficient (Wildman–Crippen LogP) is 4.51. The Hall–Kier alpha value is -0.820. The maximum absolute atomic E-state index is 13.4. The largest absolute Gasteiger partial charge is 0.303 e. The molecule has 154 valence electrons. The van der Waals surface area contributed by atoms with Crippen LogP contribution in [0.1, 0.15) is 70.4 Å². The summed E-state index contributed by atoms with van der Waals surface area (Å²) in [6, 6.07) is 3.20. The summed E-state index contributed by atoms with van der Waals surface area (Å²) in [5.41, 5.74) is 1.47. The second-order valence-electron chi connectivity index (χ2n) is 9.00. The Morgan fingerprint density at radius 3 is 2.46 bits per heavy atom. The number of sulfonamides is 1. The van der Waals surface area contributed by atoms with E-state index in [2.05, 4.69) is 6.92 Å². The predicted molar refractivity (Wildman–Crippen MR) is 112 cm³/mol. The van der Waals surface area contributed by atoms with Crippen molar-refractivity contribution in [1.82, 2.24) is 4.31 Å². The Kier molecular flexibility index (Phi) is 4.63. The molecule has 3 aliphatic heterocycles. The van der Waals surface area contributed by atoms with E-state index >= 15 is 0 Å². The van der Waals surface area contributed by atoms with Crippen molar-refractivity contribution < 1.29 is 13.2 Å². The van der Waals surface area contributed by atoms with Gasteiger partial charge in [-0.15, -0.1) is 0 Å². The van der Waals surface area contributed by atoms with Crippen LogP contribution in [0.2, 0.25) is 0 Å². The third-order valence-corrected chi connectivity index (χ3v) is 9.16. The van der Waals surface area contributed by atoms with Crippen molar-refractivity contribution in [2.45, 2.75) is 80.1 Å². The first kappa shape index (κ1) is 20.5. The van der Waals surface area contributed by atoms with Crippen LogP contribution in [0, 0.1) is 0 Å². The molecule has 8 heteroatoms. The maximum Gasteiger partial charge on any atom is 0.268 e. The van der Waals surface area contributed by atoms with E-state index in [1.807, 2.05) is 20.8 Å². The van der Waals surface area contributed by atoms with Gasteiger partial charge in [0, 0.05) is 23.7 Å². The first-order valence-corrected chi connectivity index (χ1v) is 12.0. The molecule has 3 aliphatic rings. The number of rotatable bonds is 2. The molecule has 28 heavy (non-hydrogen) atoms. The van der Waals surface area contributed by atoms with Crippen molar-refractivity contribution in [3.63, 3.8) is 0 Å². The number of piperidine rings is 1. The van der Waals surface area contributed by atoms with E-state index in [9.17, 15) is 13.2 Å². The second-order valence-corrected chi connectivity index (χ2v) is 12.2. The third kappa shape index (κ3) is 2.75. The quantitative estimate of drug-likeness (QED) is 0.630. The van der Waals surface area contributed by atoms with Gasteiger partial charge in [0.15, 0.2) is 0 Å². The van der Waals surface area contributed by atoms with Crippen molar-refractivity contribution in [3.05, 3.63) is 23.3 Å². The van der Waals surface area contributed by atoms with Crippen LogP contribution in [-0.2, 0) is 19.2 Å². The molecule has 0 aliphatic carbocycles. The zero-order valence-electron chi connectivity index (χ0n) is 16.6. The minimum atomic E-state index is -3.69. The van der Waals surface area contributed by atoms with Gasteiger partial charge in [0.2, 0.25) is 14.4 Å². The van der Waals surface area contributed by atoms with Crippen LogP contribution < -0.4 is 4.90 Å². The van der Waals surface area contributed by atoms with Crippen LogP contribution in [0.3, 0.4) is 0 Å². The molecule has 0 aromatic heterocycles. The van der Waals surface area contributed by atoms with Crippen molar-refractivity contribution in [1.29, 1.82) is 0 Å². The number of benzene rings is 1. The van der Waals surface area contributed by atoms with Crippen molar-refractivity contribution >= 4 is 44.8 Å². The lowest BCUT2D eigenvalue weighted by Crippen LogP contribution is -2.51. The average molecular weight is 445 g/mol. The molecular formula is C20H26Cl2N2O3S. The van der Waals surface area contributed by atoms with Gasteiger partial charge in [-0.05, 0) is 63.6 Å². The Morgan fingerprint density at radius 2 is 1.82 bits per heavy atom. The molecule has 1 aromatic carbocycles. The lowest BCUT2D eigenvalue weighted by Gasteiger charge is -2.44. The topological polar surface area (TPSA) is 57.7 Å². The summed E-state index contributed by atoms with van der Waals surface area (Å²) >= 11 is 13.0. The van der Waals surface area contributed by atoms with E-state index in [4.69, 9.17) is 23.2 Å². The Balaban J connectivity index is 1.93. The minimum Gasteiger partial charge on any atom is -0.303 e. The van der Waals surface area contributed by atoms with Gasteiger partial charge < -0.3 is 4.90 Å². The van der Waals surface area contributed by atoms with Gasteiger partial charge in [0.25, 0.3) is 5.91 Å². The molecule has 0 bridgehead atoms. The molecule has 0 radical (unpaired) electrons. The summed E-state index contributed by atoms with van der Waals surface area (Å²) in [7, 11) is -3.69. The highest BCUT2D eigenvalue weighted by Crippen LogP contribution is 2.57. The van der Waals surface area contributed by atoms with Gasteiger partial charge in [0.05, 0.1) is 10.6 Å². The van der Waals surface area contributed by atoms with Crippen molar-refractivity contribution in [2.24, 2.45) is 0 Å². The van der Waals surface area contributed by atoms with Gasteiger partial charge >= 0.3 is 0 Å². The fourth-order valence-corrected chi connectivity index (χ4v) is 7.31. The van der Waals surface area contributed by atoms with E-state index in [0.717, 1.165) is 24.8 Å². The molecule has 1 amide bonds. The summed E-state index contributed by atoms with van der Waals surface area (Å²) in [6.07, 6.45) is 3.44. The molecule has 2 unspecified atom stereocenters. The summed E-state index contributed by atoms with van der Waals surface area (Å²) in [5.74, 6) is -0.311. The Labute approximate surface area is 177 Å². The summed E-state index contributed by atoms with van der Waals surface area (Å²) in [4.78, 5) is 14.9. The molecule has 0 saturated carbocycles. The fourth-order valence-electron chi connectivity index (χ4n) is 5.09. The molecule has 0 N–H and O–H groups in total. The molecule has 1 saturated heterocycles. The number of amides is 1. The average Bonchev–Trinajstić information content (AvgIpc) is 2.80. The van der Waals surface area contributed by atoms with Gasteiger partial charge in [-0.3, -0.25) is 4.79 Å². The van der Waals surface area contributed by atoms with Gasteiger partial charge in [-0.25, -0.2) is 8.42 Å². The smallest absolute Gasteiger partial charge is 0.268 e. The molecule has 4 rings (SSSR count). The van der Waals surface area contributed by atoms with Crippen molar-refractivity contribution in [3.8, 4) is 0 Å². The summed E-state index contributed by atoms with van der Waals surface area (Å²) in [5, 5.41) is 0. The zero-order valence-corrected chi connectivity index (χ0v) is 19.0. The molecule has 1 aromatic rings. The van der Waals surface area contributed by atoms with Crippen LogP contribution in [0.5, 0.6) is 0 Å².